The predicted molar refractivity (Wildman–Crippen MR) is 74.7 cm³/mol. The van der Waals surface area contributed by atoms with E-state index >= 15 is 0 Å². The second-order valence-electron chi connectivity index (χ2n) is 4.44. The first-order valence-electron chi connectivity index (χ1n) is 6.30. The van der Waals surface area contributed by atoms with Crippen molar-refractivity contribution in [3.05, 3.63) is 29.6 Å². The molecule has 7 nitrogen and oxygen atoms in total. The molecule has 1 fully saturated rings. The van der Waals surface area contributed by atoms with Crippen molar-refractivity contribution in [2.75, 3.05) is 38.0 Å². The maximum absolute atomic E-state index is 13.2. The quantitative estimate of drug-likeness (QED) is 0.773. The minimum absolute atomic E-state index is 0.0122. The number of ether oxygens (including phenoxy) is 1. The summed E-state index contributed by atoms with van der Waals surface area (Å²) in [5.74, 6) is -1.46. The number of nitrogens with zero attached hydrogens (tertiary/aromatic N) is 1. The van der Waals surface area contributed by atoms with Gasteiger partial charge in [0.25, 0.3) is 0 Å². The van der Waals surface area contributed by atoms with Gasteiger partial charge in [0.1, 0.15) is 5.82 Å². The van der Waals surface area contributed by atoms with E-state index in [2.05, 4.69) is 14.8 Å². The van der Waals surface area contributed by atoms with E-state index in [0.717, 1.165) is 19.2 Å². The molecule has 0 radical (unpaired) electrons. The molecule has 1 aliphatic heterocycles. The van der Waals surface area contributed by atoms with Crippen molar-refractivity contribution in [2.45, 2.75) is 0 Å². The lowest BCUT2D eigenvalue weighted by molar-refractivity contribution is 0.0601. The molecule has 1 aliphatic rings. The summed E-state index contributed by atoms with van der Waals surface area (Å²) in [7, 11) is -2.66. The highest BCUT2D eigenvalue weighted by atomic mass is 32.2. The molecule has 0 aromatic heterocycles. The Labute approximate surface area is 122 Å². The van der Waals surface area contributed by atoms with Gasteiger partial charge in [0, 0.05) is 26.2 Å². The van der Waals surface area contributed by atoms with E-state index in [1.165, 1.54) is 10.4 Å². The highest BCUT2D eigenvalue weighted by Crippen LogP contribution is 2.20. The number of nitrogens with one attached hydrogen (secondary N) is 2. The average molecular weight is 317 g/mol. The zero-order chi connectivity index (χ0) is 15.5. The Bertz CT molecular complexity index is 629. The molecule has 0 saturated carbocycles. The number of benzene rings is 1. The van der Waals surface area contributed by atoms with Crippen LogP contribution in [0, 0.1) is 5.82 Å². The summed E-state index contributed by atoms with van der Waals surface area (Å²) in [5.41, 5.74) is -0.182. The summed E-state index contributed by atoms with van der Waals surface area (Å²) in [4.78, 5) is 11.6. The van der Waals surface area contributed by atoms with Crippen molar-refractivity contribution >= 4 is 21.9 Å². The van der Waals surface area contributed by atoms with Crippen LogP contribution in [0.15, 0.2) is 18.2 Å². The van der Waals surface area contributed by atoms with Crippen LogP contribution in [0.3, 0.4) is 0 Å². The van der Waals surface area contributed by atoms with Crippen molar-refractivity contribution in [3.63, 3.8) is 0 Å². The molecule has 0 unspecified atom stereocenters. The van der Waals surface area contributed by atoms with E-state index in [-0.39, 0.29) is 11.3 Å². The number of carbonyl (C=O) groups is 1. The minimum atomic E-state index is -3.80. The first-order valence-corrected chi connectivity index (χ1v) is 7.74. The smallest absolute Gasteiger partial charge is 0.340 e. The SMILES string of the molecule is COC(=O)c1cc(F)ccc1NS(=O)(=O)N1CCNCC1. The molecular formula is C12H16FN3O4S. The minimum Gasteiger partial charge on any atom is -0.465 e. The molecule has 0 bridgehead atoms. The lowest BCUT2D eigenvalue weighted by atomic mass is 10.2. The van der Waals surface area contributed by atoms with E-state index in [0.29, 0.717) is 26.2 Å². The van der Waals surface area contributed by atoms with Crippen LogP contribution in [0.4, 0.5) is 10.1 Å². The first kappa shape index (κ1) is 15.7. The molecule has 0 aliphatic carbocycles. The van der Waals surface area contributed by atoms with Crippen LogP contribution in [0.2, 0.25) is 0 Å². The molecule has 2 rings (SSSR count). The van der Waals surface area contributed by atoms with Crippen LogP contribution >= 0.6 is 0 Å². The van der Waals surface area contributed by atoms with Crippen molar-refractivity contribution in [1.29, 1.82) is 0 Å². The van der Waals surface area contributed by atoms with Gasteiger partial charge in [-0.15, -0.1) is 0 Å². The lowest BCUT2D eigenvalue weighted by Crippen LogP contribution is -2.48. The molecule has 2 N–H and O–H groups in total. The molecular weight excluding hydrogens is 301 g/mol. The Kier molecular flexibility index (Phi) is 4.76. The standard InChI is InChI=1S/C12H16FN3O4S/c1-20-12(17)10-8-9(13)2-3-11(10)15-21(18,19)16-6-4-14-5-7-16/h2-3,8,14-15H,4-7H2,1H3. The number of esters is 1. The van der Waals surface area contributed by atoms with Gasteiger partial charge in [-0.05, 0) is 18.2 Å². The number of methoxy groups -OCH3 is 1. The fourth-order valence-electron chi connectivity index (χ4n) is 1.97. The zero-order valence-corrected chi connectivity index (χ0v) is 12.2. The molecule has 1 aromatic carbocycles. The van der Waals surface area contributed by atoms with Crippen LogP contribution < -0.4 is 10.0 Å². The topological polar surface area (TPSA) is 87.7 Å². The summed E-state index contributed by atoms with van der Waals surface area (Å²) in [6.45, 7) is 1.75. The molecule has 0 atom stereocenters. The Morgan fingerprint density at radius 2 is 2.05 bits per heavy atom. The number of rotatable bonds is 4. The summed E-state index contributed by atoms with van der Waals surface area (Å²) in [6, 6.07) is 3.20. The van der Waals surface area contributed by atoms with E-state index < -0.39 is 22.0 Å². The molecule has 0 spiro atoms. The maximum atomic E-state index is 13.2. The van der Waals surface area contributed by atoms with Crippen LogP contribution in [-0.4, -0.2) is 52.0 Å². The number of hydrogen-bond donors (Lipinski definition) is 2. The van der Waals surface area contributed by atoms with Gasteiger partial charge in [0.05, 0.1) is 18.4 Å². The Hall–Kier alpha value is -1.71. The molecule has 116 valence electrons. The van der Waals surface area contributed by atoms with Gasteiger partial charge in [0.2, 0.25) is 0 Å². The fourth-order valence-corrected chi connectivity index (χ4v) is 3.22. The van der Waals surface area contributed by atoms with Gasteiger partial charge >= 0.3 is 16.2 Å². The van der Waals surface area contributed by atoms with Crippen LogP contribution in [0.1, 0.15) is 10.4 Å². The highest BCUT2D eigenvalue weighted by Gasteiger charge is 2.25. The third-order valence-electron chi connectivity index (χ3n) is 3.04. The summed E-state index contributed by atoms with van der Waals surface area (Å²) in [6.07, 6.45) is 0. The zero-order valence-electron chi connectivity index (χ0n) is 11.4. The summed E-state index contributed by atoms with van der Waals surface area (Å²) >= 11 is 0. The van der Waals surface area contributed by atoms with E-state index in [4.69, 9.17) is 0 Å². The van der Waals surface area contributed by atoms with Crippen molar-refractivity contribution in [1.82, 2.24) is 9.62 Å². The van der Waals surface area contributed by atoms with Crippen molar-refractivity contribution in [3.8, 4) is 0 Å². The fraction of sp³-hybridized carbons (Fsp3) is 0.417. The largest absolute Gasteiger partial charge is 0.465 e. The van der Waals surface area contributed by atoms with Gasteiger partial charge < -0.3 is 10.1 Å². The Balaban J connectivity index is 2.28. The van der Waals surface area contributed by atoms with Crippen molar-refractivity contribution < 1.29 is 22.3 Å². The van der Waals surface area contributed by atoms with Gasteiger partial charge in [-0.3, -0.25) is 4.72 Å². The summed E-state index contributed by atoms with van der Waals surface area (Å²) in [5, 5.41) is 3.04. The second-order valence-corrected chi connectivity index (χ2v) is 6.11. The van der Waals surface area contributed by atoms with Gasteiger partial charge in [-0.25, -0.2) is 9.18 Å². The average Bonchev–Trinajstić information content (AvgIpc) is 2.49. The molecule has 21 heavy (non-hydrogen) atoms. The molecule has 1 saturated heterocycles. The number of carbonyl (C=O) groups excluding carboxylic acids is 1. The maximum Gasteiger partial charge on any atom is 0.340 e. The van der Waals surface area contributed by atoms with Crippen LogP contribution in [0.25, 0.3) is 0 Å². The van der Waals surface area contributed by atoms with Gasteiger partial charge in [-0.1, -0.05) is 0 Å². The molecule has 1 heterocycles. The number of piperazine rings is 1. The third kappa shape index (κ3) is 3.69. The van der Waals surface area contributed by atoms with Crippen molar-refractivity contribution in [2.24, 2.45) is 0 Å². The highest BCUT2D eigenvalue weighted by molar-refractivity contribution is 7.90. The van der Waals surface area contributed by atoms with Gasteiger partial charge in [-0.2, -0.15) is 12.7 Å². The number of hydrogen-bond acceptors (Lipinski definition) is 5. The van der Waals surface area contributed by atoms with Crippen LogP contribution in [0.5, 0.6) is 0 Å². The molecule has 0 amide bonds. The predicted octanol–water partition coefficient (Wildman–Crippen LogP) is 0.174. The monoisotopic (exact) mass is 317 g/mol. The Morgan fingerprint density at radius 3 is 2.67 bits per heavy atom. The van der Waals surface area contributed by atoms with E-state index in [1.54, 1.807) is 0 Å². The normalized spacial score (nSPS) is 16.5. The Morgan fingerprint density at radius 1 is 1.38 bits per heavy atom. The van der Waals surface area contributed by atoms with Crippen LogP contribution in [-0.2, 0) is 14.9 Å². The third-order valence-corrected chi connectivity index (χ3v) is 4.56. The van der Waals surface area contributed by atoms with Gasteiger partial charge in [0.15, 0.2) is 0 Å². The lowest BCUT2D eigenvalue weighted by Gasteiger charge is -2.27. The van der Waals surface area contributed by atoms with E-state index in [1.807, 2.05) is 0 Å². The summed E-state index contributed by atoms with van der Waals surface area (Å²) < 4.78 is 45.8. The number of anilines is 1. The number of halogens is 1. The molecule has 1 aromatic rings. The van der Waals surface area contributed by atoms with E-state index in [9.17, 15) is 17.6 Å². The molecule has 9 heteroatoms. The second kappa shape index (κ2) is 6.37. The first-order chi connectivity index (χ1) is 9.94.